The number of para-hydroxylation sites is 2. The molecule has 296 valence electrons. The Morgan fingerprint density at radius 1 is 0.542 bits per heavy atom. The lowest BCUT2D eigenvalue weighted by atomic mass is 9.91. The highest BCUT2D eigenvalue weighted by atomic mass is 16.5. The molecule has 2 fully saturated rings. The predicted molar refractivity (Wildman–Crippen MR) is 243 cm³/mol. The number of nitrogens with zero attached hydrogens (tertiary/aromatic N) is 4. The van der Waals surface area contributed by atoms with E-state index < -0.39 is 0 Å². The maximum Gasteiger partial charge on any atom is 0.119 e. The van der Waals surface area contributed by atoms with Gasteiger partial charge in [-0.25, -0.2) is 9.98 Å². The highest BCUT2D eigenvalue weighted by Gasteiger charge is 2.37. The number of rotatable bonds is 12. The Morgan fingerprint density at radius 2 is 1.02 bits per heavy atom. The van der Waals surface area contributed by atoms with Gasteiger partial charge < -0.3 is 24.4 Å². The molecule has 7 heteroatoms. The van der Waals surface area contributed by atoms with E-state index in [2.05, 4.69) is 101 Å². The second-order valence-corrected chi connectivity index (χ2v) is 14.9. The van der Waals surface area contributed by atoms with Crippen molar-refractivity contribution in [1.29, 1.82) is 0 Å². The molecule has 0 bridgehead atoms. The molecule has 7 nitrogen and oxygen atoms in total. The van der Waals surface area contributed by atoms with Gasteiger partial charge in [-0.15, -0.1) is 0 Å². The van der Waals surface area contributed by atoms with Crippen molar-refractivity contribution in [3.8, 4) is 11.5 Å². The number of hydrogen-bond donors (Lipinski definition) is 1. The minimum atomic E-state index is 0.122. The Kier molecular flexibility index (Phi) is 12.4. The Hall–Kier alpha value is -6.70. The van der Waals surface area contributed by atoms with E-state index in [0.29, 0.717) is 13.2 Å². The van der Waals surface area contributed by atoms with Gasteiger partial charge in [-0.05, 0) is 108 Å². The van der Waals surface area contributed by atoms with Crippen LogP contribution in [0.5, 0.6) is 11.5 Å². The van der Waals surface area contributed by atoms with Crippen molar-refractivity contribution in [2.45, 2.75) is 38.8 Å². The first kappa shape index (κ1) is 39.1. The Balaban J connectivity index is 0.000000164. The number of aliphatic hydroxyl groups excluding tert-OH is 1. The average Bonchev–Trinajstić information content (AvgIpc) is 3.27. The van der Waals surface area contributed by atoms with Gasteiger partial charge in [0.2, 0.25) is 0 Å². The summed E-state index contributed by atoms with van der Waals surface area (Å²) in [5, 5.41) is 11.7. The van der Waals surface area contributed by atoms with Gasteiger partial charge in [0, 0.05) is 36.7 Å². The molecular weight excluding hydrogens is 729 g/mol. The summed E-state index contributed by atoms with van der Waals surface area (Å²) >= 11 is 0. The van der Waals surface area contributed by atoms with E-state index in [0.717, 1.165) is 58.8 Å². The zero-order chi connectivity index (χ0) is 40.4. The van der Waals surface area contributed by atoms with Gasteiger partial charge in [-0.1, -0.05) is 110 Å². The molecule has 2 heterocycles. The average molecular weight is 779 g/mol. The largest absolute Gasteiger partial charge is 0.494 e. The number of anilines is 2. The number of fused-ring (bicyclic) bond motifs is 1. The fourth-order valence-corrected chi connectivity index (χ4v) is 7.51. The summed E-state index contributed by atoms with van der Waals surface area (Å²) in [4.78, 5) is 14.4. The summed E-state index contributed by atoms with van der Waals surface area (Å²) < 4.78 is 11.4. The van der Waals surface area contributed by atoms with E-state index in [1.165, 1.54) is 21.9 Å². The number of aliphatic hydroxyl groups is 1. The summed E-state index contributed by atoms with van der Waals surface area (Å²) in [6.07, 6.45) is 1.83. The Morgan fingerprint density at radius 3 is 1.54 bits per heavy atom. The van der Waals surface area contributed by atoms with Crippen molar-refractivity contribution >= 4 is 45.2 Å². The number of aliphatic imine (C=N–C) groups is 2. The van der Waals surface area contributed by atoms with E-state index in [1.807, 2.05) is 105 Å². The Bertz CT molecular complexity index is 2470. The molecule has 3 unspecified atom stereocenters. The molecule has 1 N–H and O–H groups in total. The topological polar surface area (TPSA) is 69.9 Å². The van der Waals surface area contributed by atoms with E-state index >= 15 is 0 Å². The van der Waals surface area contributed by atoms with Crippen LogP contribution >= 0.6 is 0 Å². The monoisotopic (exact) mass is 778 g/mol. The van der Waals surface area contributed by atoms with E-state index in [1.54, 1.807) is 0 Å². The van der Waals surface area contributed by atoms with Gasteiger partial charge in [-0.3, -0.25) is 0 Å². The molecule has 59 heavy (non-hydrogen) atoms. The summed E-state index contributed by atoms with van der Waals surface area (Å²) in [5.74, 6) is 3.98. The van der Waals surface area contributed by atoms with Crippen LogP contribution in [0.1, 0.15) is 49.9 Å². The normalized spacial score (nSPS) is 17.7. The molecule has 2 aliphatic heterocycles. The highest BCUT2D eigenvalue weighted by Crippen LogP contribution is 2.43. The third-order valence-electron chi connectivity index (χ3n) is 10.7. The van der Waals surface area contributed by atoms with Crippen LogP contribution in [0.3, 0.4) is 0 Å². The third-order valence-corrected chi connectivity index (χ3v) is 10.7. The van der Waals surface area contributed by atoms with Crippen molar-refractivity contribution in [1.82, 2.24) is 0 Å². The van der Waals surface area contributed by atoms with Gasteiger partial charge in [-0.2, -0.15) is 0 Å². The first-order valence-electron chi connectivity index (χ1n) is 20.5. The molecule has 7 aromatic carbocycles. The Labute approximate surface area is 347 Å². The molecule has 9 rings (SSSR count). The molecule has 0 amide bonds. The zero-order valence-electron chi connectivity index (χ0n) is 33.6. The molecule has 2 saturated heterocycles. The van der Waals surface area contributed by atoms with Gasteiger partial charge in [0.1, 0.15) is 23.2 Å². The predicted octanol–water partition coefficient (Wildman–Crippen LogP) is 12.3. The van der Waals surface area contributed by atoms with Gasteiger partial charge >= 0.3 is 0 Å². The van der Waals surface area contributed by atoms with Crippen molar-refractivity contribution in [2.75, 3.05) is 29.6 Å². The minimum absolute atomic E-state index is 0.122. The molecule has 0 spiro atoms. The van der Waals surface area contributed by atoms with Crippen LogP contribution in [-0.2, 0) is 0 Å². The van der Waals surface area contributed by atoms with Crippen LogP contribution in [0.2, 0.25) is 0 Å². The van der Waals surface area contributed by atoms with Gasteiger partial charge in [0.05, 0.1) is 36.7 Å². The molecule has 0 aromatic heterocycles. The van der Waals surface area contributed by atoms with Crippen LogP contribution < -0.4 is 19.3 Å². The van der Waals surface area contributed by atoms with Crippen LogP contribution in [0.15, 0.2) is 192 Å². The van der Waals surface area contributed by atoms with Crippen LogP contribution in [0.4, 0.5) is 22.7 Å². The number of benzene rings is 7. The van der Waals surface area contributed by atoms with Gasteiger partial charge in [0.25, 0.3) is 0 Å². The second kappa shape index (κ2) is 18.7. The maximum atomic E-state index is 9.16. The quantitative estimate of drug-likeness (QED) is 0.134. The SMILES string of the molecule is CC(CO)COc1ccc(N2C(=Nc3ccccc3)CC2c2ccccc2)cc1.CCOc1ccc(N2C(=Nc3ccccc3)CC2c2ccc3ccccc3c2)cc1. The summed E-state index contributed by atoms with van der Waals surface area (Å²) in [6.45, 7) is 5.27. The number of ether oxygens (including phenoxy) is 2. The van der Waals surface area contributed by atoms with E-state index in [4.69, 9.17) is 24.6 Å². The van der Waals surface area contributed by atoms with Crippen LogP contribution in [0.25, 0.3) is 10.8 Å². The summed E-state index contributed by atoms with van der Waals surface area (Å²) in [5.41, 5.74) is 6.79. The first-order valence-corrected chi connectivity index (χ1v) is 20.5. The highest BCUT2D eigenvalue weighted by molar-refractivity contribution is 6.07. The second-order valence-electron chi connectivity index (χ2n) is 14.9. The fourth-order valence-electron chi connectivity index (χ4n) is 7.51. The van der Waals surface area contributed by atoms with Crippen molar-refractivity contribution < 1.29 is 14.6 Å². The smallest absolute Gasteiger partial charge is 0.119 e. The summed E-state index contributed by atoms with van der Waals surface area (Å²) in [6, 6.07) is 63.1. The van der Waals surface area contributed by atoms with E-state index in [9.17, 15) is 0 Å². The molecule has 0 aliphatic carbocycles. The molecule has 2 aliphatic rings. The number of amidine groups is 2. The lowest BCUT2D eigenvalue weighted by Gasteiger charge is -2.44. The summed E-state index contributed by atoms with van der Waals surface area (Å²) in [7, 11) is 0. The van der Waals surface area contributed by atoms with Crippen molar-refractivity contribution in [2.24, 2.45) is 15.9 Å². The molecule has 3 atom stereocenters. The van der Waals surface area contributed by atoms with Gasteiger partial charge in [0.15, 0.2) is 0 Å². The van der Waals surface area contributed by atoms with Crippen molar-refractivity contribution in [3.63, 3.8) is 0 Å². The van der Waals surface area contributed by atoms with Crippen LogP contribution in [-0.4, -0.2) is 36.6 Å². The molecule has 0 saturated carbocycles. The molecular formula is C52H50N4O3. The molecule has 7 aromatic rings. The number of hydrogen-bond acceptors (Lipinski definition) is 5. The first-order chi connectivity index (χ1) is 29.1. The minimum Gasteiger partial charge on any atom is -0.494 e. The lowest BCUT2D eigenvalue weighted by Crippen LogP contribution is -2.46. The van der Waals surface area contributed by atoms with Crippen LogP contribution in [0, 0.1) is 5.92 Å². The molecule has 0 radical (unpaired) electrons. The third kappa shape index (κ3) is 9.38. The maximum absolute atomic E-state index is 9.16. The standard InChI is InChI=1S/C27H24N2O.C25H26N2O2/c1-2-30-25-16-14-24(15-17-25)29-26(19-27(29)28-23-10-4-3-5-11-23)22-13-12-20-8-6-7-9-21(20)18-22;1-19(17-28)18-29-23-14-12-22(13-15-23)27-24(20-8-4-2-5-9-20)16-25(27)26-21-10-6-3-7-11-21/h3-18,26H,2,19H2,1H3;2-15,19,24,28H,16-18H2,1H3. The fraction of sp³-hybridized carbons (Fsp3) is 0.192. The lowest BCUT2D eigenvalue weighted by molar-refractivity contribution is 0.174. The zero-order valence-corrected chi connectivity index (χ0v) is 33.6. The van der Waals surface area contributed by atoms with Crippen molar-refractivity contribution in [3.05, 3.63) is 193 Å². The van der Waals surface area contributed by atoms with E-state index in [-0.39, 0.29) is 24.6 Å².